The molecule has 32 heavy (non-hydrogen) atoms. The second kappa shape index (κ2) is 12.7. The predicted octanol–water partition coefficient (Wildman–Crippen LogP) is 3.89. The smallest absolute Gasteiger partial charge is 0.338 e. The van der Waals surface area contributed by atoms with Crippen molar-refractivity contribution in [1.82, 2.24) is 10.9 Å². The van der Waals surface area contributed by atoms with Gasteiger partial charge in [0.25, 0.3) is 11.8 Å². The molecule has 0 fully saturated rings. The lowest BCUT2D eigenvalue weighted by Crippen LogP contribution is -2.44. The van der Waals surface area contributed by atoms with Crippen molar-refractivity contribution in [2.75, 3.05) is 19.8 Å². The number of hydrazine groups is 1. The van der Waals surface area contributed by atoms with Crippen LogP contribution in [0.5, 0.6) is 11.5 Å². The Hall–Kier alpha value is -3.07. The van der Waals surface area contributed by atoms with E-state index in [4.69, 9.17) is 14.2 Å². The van der Waals surface area contributed by atoms with Crippen LogP contribution in [-0.2, 0) is 9.53 Å². The number of esters is 1. The fourth-order valence-corrected chi connectivity index (χ4v) is 2.77. The molecular formula is C23H27BrN2O6. The van der Waals surface area contributed by atoms with Crippen LogP contribution in [0.25, 0.3) is 0 Å². The molecule has 0 atom stereocenters. The SMILES string of the molecule is CCCOC(=O)c1ccc(OCC(=O)NNC(=O)c2cc(Br)ccc2OCC(C)C)cc1. The molecule has 2 aromatic rings. The summed E-state index contributed by atoms with van der Waals surface area (Å²) in [5, 5.41) is 0. The van der Waals surface area contributed by atoms with Crippen LogP contribution >= 0.6 is 15.9 Å². The van der Waals surface area contributed by atoms with E-state index in [9.17, 15) is 14.4 Å². The van der Waals surface area contributed by atoms with Gasteiger partial charge in [-0.25, -0.2) is 4.79 Å². The van der Waals surface area contributed by atoms with E-state index in [0.717, 1.165) is 6.42 Å². The predicted molar refractivity (Wildman–Crippen MR) is 123 cm³/mol. The number of carbonyl (C=O) groups is 3. The highest BCUT2D eigenvalue weighted by molar-refractivity contribution is 9.10. The number of hydrogen-bond donors (Lipinski definition) is 2. The zero-order chi connectivity index (χ0) is 23.5. The van der Waals surface area contributed by atoms with E-state index in [1.807, 2.05) is 20.8 Å². The molecule has 9 heteroatoms. The average molecular weight is 507 g/mol. The molecule has 0 aliphatic rings. The van der Waals surface area contributed by atoms with Gasteiger partial charge in [0.05, 0.1) is 24.3 Å². The van der Waals surface area contributed by atoms with Crippen molar-refractivity contribution < 1.29 is 28.6 Å². The van der Waals surface area contributed by atoms with Crippen LogP contribution in [0.3, 0.4) is 0 Å². The third-order valence-electron chi connectivity index (χ3n) is 3.97. The minimum Gasteiger partial charge on any atom is -0.492 e. The minimum absolute atomic E-state index is 0.284. The molecule has 8 nitrogen and oxygen atoms in total. The molecule has 2 amide bonds. The van der Waals surface area contributed by atoms with E-state index in [1.165, 1.54) is 0 Å². The number of benzene rings is 2. The summed E-state index contributed by atoms with van der Waals surface area (Å²) in [5.41, 5.74) is 5.34. The maximum Gasteiger partial charge on any atom is 0.338 e. The fraction of sp³-hybridized carbons (Fsp3) is 0.348. The number of carbonyl (C=O) groups excluding carboxylic acids is 3. The molecule has 0 spiro atoms. The Kier molecular flexibility index (Phi) is 10.0. The van der Waals surface area contributed by atoms with Gasteiger partial charge in [-0.2, -0.15) is 0 Å². The topological polar surface area (TPSA) is 103 Å². The maximum atomic E-state index is 12.5. The van der Waals surface area contributed by atoms with E-state index in [1.54, 1.807) is 42.5 Å². The third-order valence-corrected chi connectivity index (χ3v) is 4.46. The molecule has 2 rings (SSSR count). The van der Waals surface area contributed by atoms with E-state index in [-0.39, 0.29) is 12.2 Å². The quantitative estimate of drug-likeness (QED) is 0.374. The molecule has 0 unspecified atom stereocenters. The lowest BCUT2D eigenvalue weighted by Gasteiger charge is -2.14. The Labute approximate surface area is 195 Å². The number of amides is 2. The molecule has 0 aromatic heterocycles. The number of ether oxygens (including phenoxy) is 3. The molecule has 172 valence electrons. The van der Waals surface area contributed by atoms with Gasteiger partial charge in [-0.05, 0) is 54.8 Å². The molecule has 0 saturated carbocycles. The van der Waals surface area contributed by atoms with E-state index in [0.29, 0.717) is 40.7 Å². The minimum atomic E-state index is -0.551. The molecule has 0 aliphatic carbocycles. The average Bonchev–Trinajstić information content (AvgIpc) is 2.78. The third kappa shape index (κ3) is 8.22. The van der Waals surface area contributed by atoms with Crippen molar-refractivity contribution in [3.63, 3.8) is 0 Å². The van der Waals surface area contributed by atoms with Crippen LogP contribution in [0, 0.1) is 5.92 Å². The molecule has 2 N–H and O–H groups in total. The van der Waals surface area contributed by atoms with Gasteiger partial charge < -0.3 is 14.2 Å². The molecule has 2 aromatic carbocycles. The molecule has 0 bridgehead atoms. The number of hydrogen-bond acceptors (Lipinski definition) is 6. The van der Waals surface area contributed by atoms with Gasteiger partial charge in [0.1, 0.15) is 11.5 Å². The lowest BCUT2D eigenvalue weighted by atomic mass is 10.2. The van der Waals surface area contributed by atoms with E-state index < -0.39 is 17.8 Å². The van der Waals surface area contributed by atoms with Gasteiger partial charge in [0, 0.05) is 4.47 Å². The second-order valence-electron chi connectivity index (χ2n) is 7.30. The van der Waals surface area contributed by atoms with E-state index in [2.05, 4.69) is 26.8 Å². The highest BCUT2D eigenvalue weighted by Crippen LogP contribution is 2.23. The summed E-state index contributed by atoms with van der Waals surface area (Å²) >= 11 is 3.33. The van der Waals surface area contributed by atoms with Gasteiger partial charge in [-0.3, -0.25) is 20.4 Å². The molecule has 0 radical (unpaired) electrons. The van der Waals surface area contributed by atoms with Crippen molar-refractivity contribution in [3.05, 3.63) is 58.1 Å². The summed E-state index contributed by atoms with van der Waals surface area (Å²) in [6, 6.07) is 11.3. The van der Waals surface area contributed by atoms with Gasteiger partial charge in [0.15, 0.2) is 6.61 Å². The number of halogens is 1. The summed E-state index contributed by atoms with van der Waals surface area (Å²) in [4.78, 5) is 36.3. The Bertz CT molecular complexity index is 931. The highest BCUT2D eigenvalue weighted by Gasteiger charge is 2.15. The molecule has 0 saturated heterocycles. The van der Waals surface area contributed by atoms with Crippen molar-refractivity contribution in [1.29, 1.82) is 0 Å². The monoisotopic (exact) mass is 506 g/mol. The van der Waals surface area contributed by atoms with Crippen molar-refractivity contribution in [2.24, 2.45) is 5.92 Å². The first-order valence-electron chi connectivity index (χ1n) is 10.2. The molecule has 0 aliphatic heterocycles. The van der Waals surface area contributed by atoms with E-state index >= 15 is 0 Å². The summed E-state index contributed by atoms with van der Waals surface area (Å²) in [5.74, 6) is -0.374. The lowest BCUT2D eigenvalue weighted by molar-refractivity contribution is -0.123. The van der Waals surface area contributed by atoms with Crippen LogP contribution < -0.4 is 20.3 Å². The largest absolute Gasteiger partial charge is 0.492 e. The molecule has 0 heterocycles. The number of nitrogens with one attached hydrogen (secondary N) is 2. The summed E-state index contributed by atoms with van der Waals surface area (Å²) in [7, 11) is 0. The number of rotatable bonds is 10. The summed E-state index contributed by atoms with van der Waals surface area (Å²) < 4.78 is 16.8. The van der Waals surface area contributed by atoms with Gasteiger partial charge >= 0.3 is 5.97 Å². The maximum absolute atomic E-state index is 12.5. The normalized spacial score (nSPS) is 10.4. The summed E-state index contributed by atoms with van der Waals surface area (Å²) in [6.07, 6.45) is 0.742. The Morgan fingerprint density at radius 1 is 1.00 bits per heavy atom. The van der Waals surface area contributed by atoms with Gasteiger partial charge in [0.2, 0.25) is 0 Å². The first kappa shape index (κ1) is 25.2. The Morgan fingerprint density at radius 2 is 1.72 bits per heavy atom. The van der Waals surface area contributed by atoms with Crippen molar-refractivity contribution in [2.45, 2.75) is 27.2 Å². The van der Waals surface area contributed by atoms with Crippen LogP contribution in [0.4, 0.5) is 0 Å². The first-order valence-corrected chi connectivity index (χ1v) is 11.0. The van der Waals surface area contributed by atoms with Gasteiger partial charge in [-0.1, -0.05) is 36.7 Å². The standard InChI is InChI=1S/C23H27BrN2O6/c1-4-11-30-23(29)16-5-8-18(9-6-16)31-14-21(27)25-26-22(28)19-12-17(24)7-10-20(19)32-13-15(2)3/h5-10,12,15H,4,11,13-14H2,1-3H3,(H,25,27)(H,26,28). The fourth-order valence-electron chi connectivity index (χ4n) is 2.41. The van der Waals surface area contributed by atoms with Gasteiger partial charge in [-0.15, -0.1) is 0 Å². The van der Waals surface area contributed by atoms with Crippen LogP contribution in [0.1, 0.15) is 47.9 Å². The van der Waals surface area contributed by atoms with Crippen LogP contribution in [-0.4, -0.2) is 37.6 Å². The Balaban J connectivity index is 1.85. The van der Waals surface area contributed by atoms with Crippen LogP contribution in [0.15, 0.2) is 46.9 Å². The zero-order valence-corrected chi connectivity index (χ0v) is 19.9. The van der Waals surface area contributed by atoms with Crippen molar-refractivity contribution >= 4 is 33.7 Å². The van der Waals surface area contributed by atoms with Crippen LogP contribution in [0.2, 0.25) is 0 Å². The zero-order valence-electron chi connectivity index (χ0n) is 18.3. The Morgan fingerprint density at radius 3 is 2.38 bits per heavy atom. The first-order chi connectivity index (χ1) is 15.3. The van der Waals surface area contributed by atoms with Crippen molar-refractivity contribution in [3.8, 4) is 11.5 Å². The second-order valence-corrected chi connectivity index (χ2v) is 8.21. The highest BCUT2D eigenvalue weighted by atomic mass is 79.9. The summed E-state index contributed by atoms with van der Waals surface area (Å²) in [6.45, 7) is 6.41. The molecular weight excluding hydrogens is 480 g/mol.